The molecule has 0 spiro atoms. The molecule has 1 aliphatic rings. The molecule has 5 rings (SSSR count). The molecule has 0 bridgehead atoms. The molecule has 1 atom stereocenters. The predicted octanol–water partition coefficient (Wildman–Crippen LogP) is 5.94. The van der Waals surface area contributed by atoms with E-state index < -0.39 is 12.1 Å². The fourth-order valence-electron chi connectivity index (χ4n) is 4.56. The number of halogens is 1. The first-order chi connectivity index (χ1) is 16.6. The summed E-state index contributed by atoms with van der Waals surface area (Å²) in [6.07, 6.45) is 0. The Morgan fingerprint density at radius 1 is 0.824 bits per heavy atom. The van der Waals surface area contributed by atoms with Gasteiger partial charge in [0.25, 0.3) is 5.91 Å². The van der Waals surface area contributed by atoms with Crippen molar-refractivity contribution in [3.05, 3.63) is 142 Å². The predicted molar refractivity (Wildman–Crippen MR) is 133 cm³/mol. The molecular weight excluding hydrogens is 444 g/mol. The zero-order chi connectivity index (χ0) is 23.5. The van der Waals surface area contributed by atoms with Crippen molar-refractivity contribution in [2.24, 2.45) is 0 Å². The number of nitrogens with one attached hydrogen (secondary N) is 1. The number of benzene rings is 4. The summed E-state index contributed by atoms with van der Waals surface area (Å²) >= 11 is 6.31. The summed E-state index contributed by atoms with van der Waals surface area (Å²) in [4.78, 5) is 29.1. The summed E-state index contributed by atoms with van der Waals surface area (Å²) in [6, 6.07) is 33.2. The van der Waals surface area contributed by atoms with Gasteiger partial charge in [-0.2, -0.15) is 0 Å². The van der Waals surface area contributed by atoms with Gasteiger partial charge < -0.3 is 10.2 Å². The molecule has 4 nitrogen and oxygen atoms in total. The van der Waals surface area contributed by atoms with E-state index in [2.05, 4.69) is 5.32 Å². The first-order valence-electron chi connectivity index (χ1n) is 11.2. The van der Waals surface area contributed by atoms with Gasteiger partial charge in [-0.25, -0.2) is 0 Å². The van der Waals surface area contributed by atoms with Gasteiger partial charge in [0.2, 0.25) is 5.91 Å². The molecule has 5 heteroatoms. The van der Waals surface area contributed by atoms with Crippen LogP contribution >= 0.6 is 11.6 Å². The van der Waals surface area contributed by atoms with Gasteiger partial charge in [-0.1, -0.05) is 103 Å². The summed E-state index contributed by atoms with van der Waals surface area (Å²) in [7, 11) is 0. The van der Waals surface area contributed by atoms with Crippen LogP contribution in [0.4, 0.5) is 0 Å². The Balaban J connectivity index is 1.59. The third kappa shape index (κ3) is 4.20. The van der Waals surface area contributed by atoms with Gasteiger partial charge in [0.15, 0.2) is 0 Å². The van der Waals surface area contributed by atoms with E-state index in [4.69, 9.17) is 11.6 Å². The fourth-order valence-corrected chi connectivity index (χ4v) is 4.74. The molecule has 168 valence electrons. The fraction of sp³-hybridized carbons (Fsp3) is 0.103. The highest BCUT2D eigenvalue weighted by atomic mass is 35.5. The lowest BCUT2D eigenvalue weighted by Crippen LogP contribution is -2.41. The molecule has 0 fully saturated rings. The van der Waals surface area contributed by atoms with Crippen molar-refractivity contribution in [2.45, 2.75) is 18.6 Å². The van der Waals surface area contributed by atoms with Gasteiger partial charge in [-0.15, -0.1) is 0 Å². The van der Waals surface area contributed by atoms with Gasteiger partial charge in [0.05, 0.1) is 6.04 Å². The number of nitrogens with zero attached hydrogens (tertiary/aromatic N) is 1. The van der Waals surface area contributed by atoms with Crippen LogP contribution in [0.2, 0.25) is 5.02 Å². The summed E-state index contributed by atoms with van der Waals surface area (Å²) in [6.45, 7) is 0.370. The molecule has 34 heavy (non-hydrogen) atoms. The van der Waals surface area contributed by atoms with E-state index in [1.807, 2.05) is 91.0 Å². The lowest BCUT2D eigenvalue weighted by molar-refractivity contribution is -0.126. The van der Waals surface area contributed by atoms with Crippen LogP contribution in [-0.2, 0) is 11.3 Å². The maximum atomic E-state index is 13.8. The van der Waals surface area contributed by atoms with Crippen LogP contribution in [-0.4, -0.2) is 16.7 Å². The van der Waals surface area contributed by atoms with Gasteiger partial charge >= 0.3 is 0 Å². The zero-order valence-electron chi connectivity index (χ0n) is 18.4. The van der Waals surface area contributed by atoms with E-state index in [1.165, 1.54) is 0 Å². The van der Waals surface area contributed by atoms with E-state index in [0.717, 1.165) is 16.7 Å². The highest BCUT2D eigenvalue weighted by molar-refractivity contribution is 6.31. The van der Waals surface area contributed by atoms with E-state index >= 15 is 0 Å². The number of carbonyl (C=O) groups is 2. The van der Waals surface area contributed by atoms with Gasteiger partial charge in [-0.05, 0) is 40.5 Å². The van der Waals surface area contributed by atoms with Gasteiger partial charge in [-0.3, -0.25) is 9.59 Å². The maximum Gasteiger partial charge on any atom is 0.255 e. The summed E-state index contributed by atoms with van der Waals surface area (Å²) in [5.74, 6) is -0.431. The zero-order valence-corrected chi connectivity index (χ0v) is 19.2. The molecule has 4 aromatic rings. The van der Waals surface area contributed by atoms with Crippen LogP contribution in [0.3, 0.4) is 0 Å². The second-order valence-electron chi connectivity index (χ2n) is 8.27. The smallest absolute Gasteiger partial charge is 0.255 e. The molecular formula is C29H23ClN2O2. The highest BCUT2D eigenvalue weighted by Crippen LogP contribution is 2.43. The van der Waals surface area contributed by atoms with Crippen LogP contribution in [0.15, 0.2) is 109 Å². The summed E-state index contributed by atoms with van der Waals surface area (Å²) in [5.41, 5.74) is 3.98. The van der Waals surface area contributed by atoms with Gasteiger partial charge in [0.1, 0.15) is 6.04 Å². The third-order valence-corrected chi connectivity index (χ3v) is 6.35. The molecule has 1 unspecified atom stereocenters. The Hall–Kier alpha value is -3.89. The molecule has 1 aliphatic heterocycles. The van der Waals surface area contributed by atoms with Crippen molar-refractivity contribution in [2.75, 3.05) is 0 Å². The molecule has 0 saturated heterocycles. The Morgan fingerprint density at radius 2 is 1.38 bits per heavy atom. The number of rotatable bonds is 6. The maximum absolute atomic E-state index is 13.8. The number of hydrogen-bond acceptors (Lipinski definition) is 2. The lowest BCUT2D eigenvalue weighted by atomic mass is 9.95. The molecule has 2 amide bonds. The van der Waals surface area contributed by atoms with Crippen LogP contribution < -0.4 is 5.32 Å². The van der Waals surface area contributed by atoms with Crippen LogP contribution in [0.5, 0.6) is 0 Å². The van der Waals surface area contributed by atoms with Crippen LogP contribution in [0.1, 0.15) is 44.7 Å². The Morgan fingerprint density at radius 3 is 1.97 bits per heavy atom. The van der Waals surface area contributed by atoms with E-state index in [-0.39, 0.29) is 11.8 Å². The first kappa shape index (κ1) is 21.9. The number of fused-ring (bicyclic) bond motifs is 1. The minimum atomic E-state index is -0.810. The Labute approximate surface area is 203 Å². The normalized spacial score (nSPS) is 14.8. The van der Waals surface area contributed by atoms with Crippen molar-refractivity contribution < 1.29 is 9.59 Å². The molecule has 0 saturated carbocycles. The monoisotopic (exact) mass is 466 g/mol. The van der Waals surface area contributed by atoms with E-state index in [0.29, 0.717) is 22.7 Å². The van der Waals surface area contributed by atoms with E-state index in [1.54, 1.807) is 23.1 Å². The molecule has 0 aromatic heterocycles. The largest absolute Gasteiger partial charge is 0.350 e. The second-order valence-corrected chi connectivity index (χ2v) is 8.71. The van der Waals surface area contributed by atoms with Crippen molar-refractivity contribution in [3.8, 4) is 0 Å². The SMILES string of the molecule is O=C(NCc1ccccc1)C1c2cc(Cl)ccc2C(=O)N1C(c1ccccc1)c1ccccc1. The number of amides is 2. The average Bonchev–Trinajstić information content (AvgIpc) is 3.16. The third-order valence-electron chi connectivity index (χ3n) is 6.12. The topological polar surface area (TPSA) is 49.4 Å². The number of carbonyl (C=O) groups excluding carboxylic acids is 2. The first-order valence-corrected chi connectivity index (χ1v) is 11.5. The highest BCUT2D eigenvalue weighted by Gasteiger charge is 2.45. The molecule has 1 heterocycles. The van der Waals surface area contributed by atoms with E-state index in [9.17, 15) is 9.59 Å². The standard InChI is InChI=1S/C29H23ClN2O2/c30-23-16-17-24-25(18-23)27(28(33)31-19-20-10-4-1-5-11-20)32(29(24)34)26(21-12-6-2-7-13-21)22-14-8-3-9-15-22/h1-18,26-27H,19H2,(H,31,33). The van der Waals surface area contributed by atoms with Crippen molar-refractivity contribution >= 4 is 23.4 Å². The van der Waals surface area contributed by atoms with Crippen LogP contribution in [0, 0.1) is 0 Å². The van der Waals surface area contributed by atoms with Crippen molar-refractivity contribution in [1.29, 1.82) is 0 Å². The summed E-state index contributed by atoms with van der Waals surface area (Å²) in [5, 5.41) is 3.52. The van der Waals surface area contributed by atoms with Crippen molar-refractivity contribution in [1.82, 2.24) is 10.2 Å². The van der Waals surface area contributed by atoms with Crippen LogP contribution in [0.25, 0.3) is 0 Å². The molecule has 1 N–H and O–H groups in total. The average molecular weight is 467 g/mol. The summed E-state index contributed by atoms with van der Waals surface area (Å²) < 4.78 is 0. The Bertz CT molecular complexity index is 1270. The molecule has 0 aliphatic carbocycles. The molecule has 4 aromatic carbocycles. The van der Waals surface area contributed by atoms with Crippen molar-refractivity contribution in [3.63, 3.8) is 0 Å². The second kappa shape index (κ2) is 9.54. The minimum absolute atomic E-state index is 0.191. The van der Waals surface area contributed by atoms with Gasteiger partial charge in [0, 0.05) is 17.1 Å². The quantitative estimate of drug-likeness (QED) is 0.382. The lowest BCUT2D eigenvalue weighted by Gasteiger charge is -2.33. The minimum Gasteiger partial charge on any atom is -0.350 e. The number of hydrogen-bond donors (Lipinski definition) is 1. The molecule has 0 radical (unpaired) electrons. The Kier molecular flexibility index (Phi) is 6.15.